The molecule has 2 unspecified atom stereocenters. The van der Waals surface area contributed by atoms with Gasteiger partial charge in [0.25, 0.3) is 0 Å². The van der Waals surface area contributed by atoms with E-state index in [1.54, 1.807) is 0 Å². The van der Waals surface area contributed by atoms with Gasteiger partial charge in [-0.25, -0.2) is 0 Å². The van der Waals surface area contributed by atoms with Crippen molar-refractivity contribution in [3.05, 3.63) is 12.8 Å². The second-order valence-electron chi connectivity index (χ2n) is 2.49. The first-order chi connectivity index (χ1) is 5.34. The molecular weight excluding hydrogens is 144 g/mol. The van der Waals surface area contributed by atoms with Gasteiger partial charge < -0.3 is 14.2 Å². The molecule has 0 bridgehead atoms. The van der Waals surface area contributed by atoms with E-state index in [9.17, 15) is 0 Å². The molecule has 0 spiro atoms. The predicted molar refractivity (Wildman–Crippen MR) is 41.3 cm³/mol. The quantitative estimate of drug-likeness (QED) is 0.572. The maximum atomic E-state index is 5.39. The van der Waals surface area contributed by atoms with Gasteiger partial charge in [-0.3, -0.25) is 0 Å². The molecule has 11 heavy (non-hydrogen) atoms. The predicted octanol–water partition coefficient (Wildman–Crippen LogP) is 0.950. The average Bonchev–Trinajstić information content (AvgIpc) is 2.07. The fraction of sp³-hybridized carbons (Fsp3) is 0.750. The van der Waals surface area contributed by atoms with Crippen LogP contribution in [-0.4, -0.2) is 32.0 Å². The molecule has 0 amide bonds. The van der Waals surface area contributed by atoms with Crippen LogP contribution >= 0.6 is 0 Å². The molecule has 0 radical (unpaired) electrons. The summed E-state index contributed by atoms with van der Waals surface area (Å²) in [6, 6.07) is 0. The van der Waals surface area contributed by atoms with Gasteiger partial charge >= 0.3 is 0 Å². The Morgan fingerprint density at radius 1 is 1.64 bits per heavy atom. The zero-order chi connectivity index (χ0) is 8.10. The highest BCUT2D eigenvalue weighted by atomic mass is 16.6. The van der Waals surface area contributed by atoms with Gasteiger partial charge in [-0.15, -0.1) is 0 Å². The zero-order valence-corrected chi connectivity index (χ0v) is 6.79. The summed E-state index contributed by atoms with van der Waals surface area (Å²) in [5.74, 6) is 0. The maximum absolute atomic E-state index is 5.39. The van der Waals surface area contributed by atoms with E-state index >= 15 is 0 Å². The largest absolute Gasteiger partial charge is 0.496 e. The van der Waals surface area contributed by atoms with E-state index in [4.69, 9.17) is 14.2 Å². The number of hydrogen-bond acceptors (Lipinski definition) is 3. The summed E-state index contributed by atoms with van der Waals surface area (Å²) in [7, 11) is 0. The first-order valence-corrected chi connectivity index (χ1v) is 3.80. The molecule has 0 aromatic heterocycles. The zero-order valence-electron chi connectivity index (χ0n) is 6.79. The topological polar surface area (TPSA) is 27.7 Å². The van der Waals surface area contributed by atoms with Gasteiger partial charge in [-0.1, -0.05) is 6.58 Å². The molecule has 3 heteroatoms. The minimum absolute atomic E-state index is 0.0350. The second kappa shape index (κ2) is 4.36. The lowest BCUT2D eigenvalue weighted by molar-refractivity contribution is -0.129. The summed E-state index contributed by atoms with van der Waals surface area (Å²) in [5.41, 5.74) is 0. The van der Waals surface area contributed by atoms with Crippen LogP contribution in [0, 0.1) is 0 Å². The molecule has 0 saturated carbocycles. The summed E-state index contributed by atoms with van der Waals surface area (Å²) in [6.45, 7) is 7.40. The Morgan fingerprint density at radius 3 is 3.00 bits per heavy atom. The first kappa shape index (κ1) is 8.56. The molecule has 0 N–H and O–H groups in total. The van der Waals surface area contributed by atoms with Crippen molar-refractivity contribution in [1.29, 1.82) is 0 Å². The third-order valence-electron chi connectivity index (χ3n) is 1.68. The second-order valence-corrected chi connectivity index (χ2v) is 2.49. The highest BCUT2D eigenvalue weighted by Crippen LogP contribution is 2.08. The van der Waals surface area contributed by atoms with E-state index < -0.39 is 0 Å². The lowest BCUT2D eigenvalue weighted by Crippen LogP contribution is -2.37. The molecule has 0 aromatic rings. The Labute approximate surface area is 66.9 Å². The van der Waals surface area contributed by atoms with Crippen molar-refractivity contribution in [3.63, 3.8) is 0 Å². The third kappa shape index (κ3) is 2.52. The highest BCUT2D eigenvalue weighted by molar-refractivity contribution is 4.70. The van der Waals surface area contributed by atoms with Crippen molar-refractivity contribution in [2.75, 3.05) is 19.8 Å². The molecule has 1 heterocycles. The van der Waals surface area contributed by atoms with Crippen LogP contribution in [0.2, 0.25) is 0 Å². The van der Waals surface area contributed by atoms with Crippen molar-refractivity contribution < 1.29 is 14.2 Å². The van der Waals surface area contributed by atoms with Crippen LogP contribution in [0.1, 0.15) is 6.92 Å². The van der Waals surface area contributed by atoms with Crippen molar-refractivity contribution in [2.45, 2.75) is 19.1 Å². The summed E-state index contributed by atoms with van der Waals surface area (Å²) < 4.78 is 15.7. The molecule has 64 valence electrons. The van der Waals surface area contributed by atoms with E-state index in [0.29, 0.717) is 19.8 Å². The van der Waals surface area contributed by atoms with Gasteiger partial charge in [0.05, 0.1) is 26.1 Å². The summed E-state index contributed by atoms with van der Waals surface area (Å²) in [5, 5.41) is 0. The van der Waals surface area contributed by atoms with Crippen LogP contribution < -0.4 is 0 Å². The average molecular weight is 158 g/mol. The molecule has 1 aliphatic rings. The molecule has 1 saturated heterocycles. The number of ether oxygens (including phenoxy) is 3. The van der Waals surface area contributed by atoms with E-state index in [2.05, 4.69) is 6.58 Å². The van der Waals surface area contributed by atoms with Gasteiger partial charge in [0.15, 0.2) is 0 Å². The molecule has 3 nitrogen and oxygen atoms in total. The fourth-order valence-corrected chi connectivity index (χ4v) is 1.02. The molecule has 2 atom stereocenters. The normalized spacial score (nSPS) is 27.5. The van der Waals surface area contributed by atoms with Crippen LogP contribution in [0.5, 0.6) is 0 Å². The van der Waals surface area contributed by atoms with Crippen molar-refractivity contribution in [2.24, 2.45) is 0 Å². The maximum Gasteiger partial charge on any atom is 0.123 e. The van der Waals surface area contributed by atoms with Gasteiger partial charge in [0.1, 0.15) is 12.2 Å². The van der Waals surface area contributed by atoms with Gasteiger partial charge in [0.2, 0.25) is 0 Å². The SMILES string of the molecule is C=COC(C)C1COCCO1. The van der Waals surface area contributed by atoms with Crippen LogP contribution in [0.15, 0.2) is 12.8 Å². The van der Waals surface area contributed by atoms with Crippen molar-refractivity contribution >= 4 is 0 Å². The van der Waals surface area contributed by atoms with Crippen LogP contribution in [0.3, 0.4) is 0 Å². The Morgan fingerprint density at radius 2 is 2.45 bits per heavy atom. The molecular formula is C8H14O3. The number of rotatable bonds is 3. The number of hydrogen-bond donors (Lipinski definition) is 0. The minimum Gasteiger partial charge on any atom is -0.496 e. The van der Waals surface area contributed by atoms with E-state index in [1.165, 1.54) is 6.26 Å². The van der Waals surface area contributed by atoms with Gasteiger partial charge in [-0.2, -0.15) is 0 Å². The lowest BCUT2D eigenvalue weighted by atomic mass is 10.2. The van der Waals surface area contributed by atoms with Crippen molar-refractivity contribution in [1.82, 2.24) is 0 Å². The van der Waals surface area contributed by atoms with Gasteiger partial charge in [0, 0.05) is 0 Å². The Hall–Kier alpha value is -0.540. The summed E-state index contributed by atoms with van der Waals surface area (Å²) in [6.07, 6.45) is 1.53. The molecule has 1 fully saturated rings. The first-order valence-electron chi connectivity index (χ1n) is 3.80. The smallest absolute Gasteiger partial charge is 0.123 e. The third-order valence-corrected chi connectivity index (χ3v) is 1.68. The van der Waals surface area contributed by atoms with Crippen LogP contribution in [0.4, 0.5) is 0 Å². The molecule has 0 aliphatic carbocycles. The minimum atomic E-state index is 0.0350. The van der Waals surface area contributed by atoms with Crippen LogP contribution in [0.25, 0.3) is 0 Å². The molecule has 1 rings (SSSR count). The lowest BCUT2D eigenvalue weighted by Gasteiger charge is -2.27. The van der Waals surface area contributed by atoms with E-state index in [1.807, 2.05) is 6.92 Å². The fourth-order valence-electron chi connectivity index (χ4n) is 1.02. The van der Waals surface area contributed by atoms with E-state index in [0.717, 1.165) is 0 Å². The standard InChI is InChI=1S/C8H14O3/c1-3-10-7(2)8-6-9-4-5-11-8/h3,7-8H,1,4-6H2,2H3. The Bertz CT molecular complexity index is 119. The summed E-state index contributed by atoms with van der Waals surface area (Å²) >= 11 is 0. The Balaban J connectivity index is 2.26. The van der Waals surface area contributed by atoms with Crippen LogP contribution in [-0.2, 0) is 14.2 Å². The Kier molecular flexibility index (Phi) is 3.39. The highest BCUT2D eigenvalue weighted by Gasteiger charge is 2.21. The summed E-state index contributed by atoms with van der Waals surface area (Å²) in [4.78, 5) is 0. The van der Waals surface area contributed by atoms with Crippen molar-refractivity contribution in [3.8, 4) is 0 Å². The monoisotopic (exact) mass is 158 g/mol. The van der Waals surface area contributed by atoms with E-state index in [-0.39, 0.29) is 12.2 Å². The molecule has 1 aliphatic heterocycles. The van der Waals surface area contributed by atoms with Gasteiger partial charge in [-0.05, 0) is 6.92 Å². The molecule has 0 aromatic carbocycles.